The molecule has 58 valence electrons. The Balaban J connectivity index is 3.01. The SMILES string of the molecule is C#Cc1cc(C(C)(C)C)on1. The van der Waals surface area contributed by atoms with Gasteiger partial charge in [-0.3, -0.25) is 0 Å². The summed E-state index contributed by atoms with van der Waals surface area (Å²) in [5.41, 5.74) is 0.553. The van der Waals surface area contributed by atoms with Crippen molar-refractivity contribution in [2.45, 2.75) is 26.2 Å². The van der Waals surface area contributed by atoms with Crippen LogP contribution in [-0.2, 0) is 5.41 Å². The smallest absolute Gasteiger partial charge is 0.156 e. The molecular weight excluding hydrogens is 138 g/mol. The zero-order valence-electron chi connectivity index (χ0n) is 7.01. The van der Waals surface area contributed by atoms with E-state index in [1.807, 2.05) is 20.8 Å². The highest BCUT2D eigenvalue weighted by Gasteiger charge is 2.18. The molecule has 0 radical (unpaired) electrons. The summed E-state index contributed by atoms with van der Waals surface area (Å²) in [4.78, 5) is 0. The molecule has 0 unspecified atom stereocenters. The van der Waals surface area contributed by atoms with E-state index in [1.165, 1.54) is 0 Å². The third kappa shape index (κ3) is 1.62. The summed E-state index contributed by atoms with van der Waals surface area (Å²) in [5.74, 6) is 3.24. The van der Waals surface area contributed by atoms with Gasteiger partial charge in [0.25, 0.3) is 0 Å². The minimum atomic E-state index is -0.0118. The summed E-state index contributed by atoms with van der Waals surface area (Å²) in [5, 5.41) is 3.69. The van der Waals surface area contributed by atoms with Gasteiger partial charge in [0.05, 0.1) is 0 Å². The van der Waals surface area contributed by atoms with Gasteiger partial charge in [-0.15, -0.1) is 6.42 Å². The van der Waals surface area contributed by atoms with Crippen molar-refractivity contribution in [3.05, 3.63) is 17.5 Å². The van der Waals surface area contributed by atoms with Crippen LogP contribution in [0.15, 0.2) is 10.6 Å². The molecule has 1 heterocycles. The van der Waals surface area contributed by atoms with E-state index in [2.05, 4.69) is 11.1 Å². The van der Waals surface area contributed by atoms with Crippen molar-refractivity contribution in [1.82, 2.24) is 5.16 Å². The quantitative estimate of drug-likeness (QED) is 0.527. The first-order valence-electron chi connectivity index (χ1n) is 3.48. The van der Waals surface area contributed by atoms with E-state index in [-0.39, 0.29) is 5.41 Å². The van der Waals surface area contributed by atoms with Crippen LogP contribution in [-0.4, -0.2) is 5.16 Å². The molecule has 1 rings (SSSR count). The number of nitrogens with zero attached hydrogens (tertiary/aromatic N) is 1. The van der Waals surface area contributed by atoms with Crippen molar-refractivity contribution in [2.24, 2.45) is 0 Å². The molecule has 0 saturated carbocycles. The molecule has 0 N–H and O–H groups in total. The minimum absolute atomic E-state index is 0.0118. The van der Waals surface area contributed by atoms with E-state index in [9.17, 15) is 0 Å². The number of aromatic nitrogens is 1. The Kier molecular flexibility index (Phi) is 1.74. The molecule has 0 amide bonds. The molecule has 0 bridgehead atoms. The van der Waals surface area contributed by atoms with Crippen LogP contribution in [0.5, 0.6) is 0 Å². The van der Waals surface area contributed by atoms with Crippen LogP contribution >= 0.6 is 0 Å². The normalized spacial score (nSPS) is 11.1. The maximum absolute atomic E-state index is 5.13. The van der Waals surface area contributed by atoms with E-state index in [1.54, 1.807) is 6.07 Å². The van der Waals surface area contributed by atoms with Crippen molar-refractivity contribution in [1.29, 1.82) is 0 Å². The Hall–Kier alpha value is -1.23. The van der Waals surface area contributed by atoms with E-state index < -0.39 is 0 Å². The highest BCUT2D eigenvalue weighted by molar-refractivity contribution is 5.26. The van der Waals surface area contributed by atoms with Crippen LogP contribution < -0.4 is 0 Å². The molecule has 0 fully saturated rings. The van der Waals surface area contributed by atoms with Crippen LogP contribution in [0.25, 0.3) is 0 Å². The standard InChI is InChI=1S/C9H11NO/c1-5-7-6-8(11-10-7)9(2,3)4/h1,6H,2-4H3. The topological polar surface area (TPSA) is 26.0 Å². The van der Waals surface area contributed by atoms with Gasteiger partial charge < -0.3 is 4.52 Å². The molecule has 1 aromatic heterocycles. The van der Waals surface area contributed by atoms with Crippen molar-refractivity contribution in [3.63, 3.8) is 0 Å². The lowest BCUT2D eigenvalue weighted by molar-refractivity contribution is 0.328. The van der Waals surface area contributed by atoms with Crippen LogP contribution in [0.3, 0.4) is 0 Å². The Labute approximate surface area is 66.6 Å². The molecule has 0 aliphatic heterocycles. The Morgan fingerprint density at radius 2 is 2.18 bits per heavy atom. The maximum atomic E-state index is 5.13. The fraction of sp³-hybridized carbons (Fsp3) is 0.444. The lowest BCUT2D eigenvalue weighted by atomic mass is 9.93. The summed E-state index contributed by atoms with van der Waals surface area (Å²) in [6, 6.07) is 1.79. The molecule has 0 aliphatic rings. The Morgan fingerprint density at radius 1 is 1.55 bits per heavy atom. The lowest BCUT2D eigenvalue weighted by Gasteiger charge is -2.11. The van der Waals surface area contributed by atoms with Gasteiger partial charge in [-0.2, -0.15) is 0 Å². The zero-order chi connectivity index (χ0) is 8.48. The first-order chi connectivity index (χ1) is 5.04. The molecule has 0 aromatic carbocycles. The van der Waals surface area contributed by atoms with Gasteiger partial charge in [0.2, 0.25) is 0 Å². The highest BCUT2D eigenvalue weighted by atomic mass is 16.5. The van der Waals surface area contributed by atoms with Gasteiger partial charge in [-0.1, -0.05) is 25.9 Å². The van der Waals surface area contributed by atoms with Crippen molar-refractivity contribution in [3.8, 4) is 12.3 Å². The van der Waals surface area contributed by atoms with E-state index >= 15 is 0 Å². The minimum Gasteiger partial charge on any atom is -0.360 e. The third-order valence-corrected chi connectivity index (χ3v) is 1.40. The van der Waals surface area contributed by atoms with Crippen molar-refractivity contribution < 1.29 is 4.52 Å². The third-order valence-electron chi connectivity index (χ3n) is 1.40. The fourth-order valence-electron chi connectivity index (χ4n) is 0.697. The summed E-state index contributed by atoms with van der Waals surface area (Å²) < 4.78 is 5.03. The van der Waals surface area contributed by atoms with Gasteiger partial charge in [-0.25, -0.2) is 0 Å². The van der Waals surface area contributed by atoms with Crippen LogP contribution in [0.2, 0.25) is 0 Å². The second-order valence-electron chi connectivity index (χ2n) is 3.47. The Bertz CT molecular complexity index is 285. The number of terminal acetylenes is 1. The zero-order valence-corrected chi connectivity index (χ0v) is 7.01. The highest BCUT2D eigenvalue weighted by Crippen LogP contribution is 2.21. The second kappa shape index (κ2) is 2.43. The fourth-order valence-corrected chi connectivity index (χ4v) is 0.697. The molecule has 1 aromatic rings. The van der Waals surface area contributed by atoms with Gasteiger partial charge in [0, 0.05) is 11.5 Å². The van der Waals surface area contributed by atoms with Gasteiger partial charge >= 0.3 is 0 Å². The number of hydrogen-bond donors (Lipinski definition) is 0. The van der Waals surface area contributed by atoms with E-state index in [0.717, 1.165) is 5.76 Å². The van der Waals surface area contributed by atoms with Gasteiger partial charge in [0.15, 0.2) is 5.69 Å². The second-order valence-corrected chi connectivity index (χ2v) is 3.47. The monoisotopic (exact) mass is 149 g/mol. The van der Waals surface area contributed by atoms with Crippen LogP contribution in [0.1, 0.15) is 32.2 Å². The first kappa shape index (κ1) is 7.87. The van der Waals surface area contributed by atoms with Gasteiger partial charge in [-0.05, 0) is 5.92 Å². The summed E-state index contributed by atoms with van der Waals surface area (Å²) in [7, 11) is 0. The maximum Gasteiger partial charge on any atom is 0.156 e. The summed E-state index contributed by atoms with van der Waals surface area (Å²) >= 11 is 0. The molecule has 0 saturated heterocycles. The molecule has 2 nitrogen and oxygen atoms in total. The predicted octanol–water partition coefficient (Wildman–Crippen LogP) is 1.95. The van der Waals surface area contributed by atoms with E-state index in [0.29, 0.717) is 5.69 Å². The Morgan fingerprint density at radius 3 is 2.45 bits per heavy atom. The average molecular weight is 149 g/mol. The van der Waals surface area contributed by atoms with Gasteiger partial charge in [0.1, 0.15) is 5.76 Å². The molecule has 0 spiro atoms. The number of rotatable bonds is 0. The molecular formula is C9H11NO. The van der Waals surface area contributed by atoms with Crippen molar-refractivity contribution >= 4 is 0 Å². The van der Waals surface area contributed by atoms with Crippen LogP contribution in [0, 0.1) is 12.3 Å². The molecule has 0 atom stereocenters. The van der Waals surface area contributed by atoms with E-state index in [4.69, 9.17) is 10.9 Å². The molecule has 11 heavy (non-hydrogen) atoms. The summed E-state index contributed by atoms with van der Waals surface area (Å²) in [6.07, 6.45) is 5.13. The molecule has 2 heteroatoms. The lowest BCUT2D eigenvalue weighted by Crippen LogP contribution is -2.09. The summed E-state index contributed by atoms with van der Waals surface area (Å²) in [6.45, 7) is 6.15. The largest absolute Gasteiger partial charge is 0.360 e. The first-order valence-corrected chi connectivity index (χ1v) is 3.48. The number of hydrogen-bond acceptors (Lipinski definition) is 2. The van der Waals surface area contributed by atoms with Crippen LogP contribution in [0.4, 0.5) is 0 Å². The average Bonchev–Trinajstić information content (AvgIpc) is 2.32. The predicted molar refractivity (Wildman–Crippen MR) is 43.1 cm³/mol. The van der Waals surface area contributed by atoms with Crippen molar-refractivity contribution in [2.75, 3.05) is 0 Å². The molecule has 0 aliphatic carbocycles.